The van der Waals surface area contributed by atoms with Gasteiger partial charge in [-0.3, -0.25) is 0 Å². The third-order valence-corrected chi connectivity index (χ3v) is 2.86. The number of rotatable bonds is 1. The normalized spacial score (nSPS) is 10.4. The van der Waals surface area contributed by atoms with Gasteiger partial charge in [0.25, 0.3) is 0 Å². The summed E-state index contributed by atoms with van der Waals surface area (Å²) in [6.07, 6.45) is 1.79. The highest BCUT2D eigenvalue weighted by Crippen LogP contribution is 2.29. The largest absolute Gasteiger partial charge is 0.384 e. The molecular weight excluding hydrogens is 220 g/mol. The standard InChI is InChI=1S/C13H13ClN2/c1-8-3-4-10(14)6-11(8)12-7-16-13(15)5-9(12)2/h3-7H,1-2H3,(H2,15,16). The Kier molecular flexibility index (Phi) is 2.84. The molecule has 2 nitrogen and oxygen atoms in total. The van der Waals surface area contributed by atoms with Gasteiger partial charge in [0.1, 0.15) is 5.82 Å². The smallest absolute Gasteiger partial charge is 0.123 e. The van der Waals surface area contributed by atoms with Crippen molar-refractivity contribution in [3.05, 3.63) is 46.6 Å². The van der Waals surface area contributed by atoms with Crippen LogP contribution in [-0.4, -0.2) is 4.98 Å². The summed E-state index contributed by atoms with van der Waals surface area (Å²) in [6.45, 7) is 4.08. The molecule has 0 amide bonds. The van der Waals surface area contributed by atoms with Crippen molar-refractivity contribution < 1.29 is 0 Å². The molecule has 0 aliphatic heterocycles. The topological polar surface area (TPSA) is 38.9 Å². The highest BCUT2D eigenvalue weighted by molar-refractivity contribution is 6.30. The fourth-order valence-corrected chi connectivity index (χ4v) is 1.92. The molecule has 0 fully saturated rings. The van der Waals surface area contributed by atoms with Crippen LogP contribution in [0.1, 0.15) is 11.1 Å². The molecule has 0 bridgehead atoms. The van der Waals surface area contributed by atoms with Crippen LogP contribution < -0.4 is 5.73 Å². The van der Waals surface area contributed by atoms with E-state index in [1.54, 1.807) is 6.20 Å². The zero-order chi connectivity index (χ0) is 11.7. The number of nitrogens with two attached hydrogens (primary N) is 1. The van der Waals surface area contributed by atoms with E-state index < -0.39 is 0 Å². The zero-order valence-electron chi connectivity index (χ0n) is 9.29. The molecule has 0 aliphatic rings. The van der Waals surface area contributed by atoms with E-state index in [1.165, 1.54) is 5.56 Å². The van der Waals surface area contributed by atoms with Gasteiger partial charge in [-0.05, 0) is 48.7 Å². The molecule has 1 aromatic heterocycles. The third-order valence-electron chi connectivity index (χ3n) is 2.62. The molecule has 0 saturated heterocycles. The Bertz CT molecular complexity index is 535. The molecule has 2 rings (SSSR count). The number of hydrogen-bond acceptors (Lipinski definition) is 2. The van der Waals surface area contributed by atoms with Gasteiger partial charge in [-0.25, -0.2) is 4.98 Å². The van der Waals surface area contributed by atoms with E-state index in [4.69, 9.17) is 17.3 Å². The first-order valence-electron chi connectivity index (χ1n) is 5.06. The maximum atomic E-state index is 6.01. The summed E-state index contributed by atoms with van der Waals surface area (Å²) in [5, 5.41) is 0.733. The lowest BCUT2D eigenvalue weighted by atomic mass is 9.98. The monoisotopic (exact) mass is 232 g/mol. The van der Waals surface area contributed by atoms with E-state index in [0.717, 1.165) is 21.7 Å². The van der Waals surface area contributed by atoms with Crippen molar-refractivity contribution in [2.75, 3.05) is 5.73 Å². The average Bonchev–Trinajstić information content (AvgIpc) is 2.22. The minimum absolute atomic E-state index is 0.543. The number of anilines is 1. The van der Waals surface area contributed by atoms with Crippen LogP contribution in [0.4, 0.5) is 5.82 Å². The Morgan fingerprint density at radius 3 is 2.50 bits per heavy atom. The highest BCUT2D eigenvalue weighted by Gasteiger charge is 2.06. The molecule has 2 aromatic rings. The second kappa shape index (κ2) is 4.14. The summed E-state index contributed by atoms with van der Waals surface area (Å²) in [6, 6.07) is 7.72. The number of aromatic nitrogens is 1. The Labute approximate surface area is 100 Å². The van der Waals surface area contributed by atoms with Crippen LogP contribution in [0.25, 0.3) is 11.1 Å². The molecule has 0 saturated carbocycles. The summed E-state index contributed by atoms with van der Waals surface area (Å²) in [5.74, 6) is 0.543. The summed E-state index contributed by atoms with van der Waals surface area (Å²) < 4.78 is 0. The quantitative estimate of drug-likeness (QED) is 0.816. The van der Waals surface area contributed by atoms with E-state index >= 15 is 0 Å². The van der Waals surface area contributed by atoms with Crippen molar-refractivity contribution >= 4 is 17.4 Å². The van der Waals surface area contributed by atoms with Gasteiger partial charge in [0.15, 0.2) is 0 Å². The van der Waals surface area contributed by atoms with Crippen LogP contribution in [0, 0.1) is 13.8 Å². The predicted molar refractivity (Wildman–Crippen MR) is 68.6 cm³/mol. The van der Waals surface area contributed by atoms with Crippen molar-refractivity contribution in [1.29, 1.82) is 0 Å². The van der Waals surface area contributed by atoms with Gasteiger partial charge in [0.2, 0.25) is 0 Å². The van der Waals surface area contributed by atoms with Gasteiger partial charge in [-0.2, -0.15) is 0 Å². The second-order valence-electron chi connectivity index (χ2n) is 3.88. The number of aryl methyl sites for hydroxylation is 2. The minimum Gasteiger partial charge on any atom is -0.384 e. The van der Waals surface area contributed by atoms with Crippen LogP contribution in [0.3, 0.4) is 0 Å². The Hall–Kier alpha value is -1.54. The molecule has 0 radical (unpaired) electrons. The molecule has 16 heavy (non-hydrogen) atoms. The maximum absolute atomic E-state index is 6.01. The van der Waals surface area contributed by atoms with Gasteiger partial charge in [-0.1, -0.05) is 17.7 Å². The molecule has 1 aromatic carbocycles. The van der Waals surface area contributed by atoms with Gasteiger partial charge in [0.05, 0.1) is 0 Å². The lowest BCUT2D eigenvalue weighted by Gasteiger charge is -2.09. The lowest BCUT2D eigenvalue weighted by molar-refractivity contribution is 1.29. The molecule has 0 unspecified atom stereocenters. The van der Waals surface area contributed by atoms with Gasteiger partial charge >= 0.3 is 0 Å². The summed E-state index contributed by atoms with van der Waals surface area (Å²) in [5.41, 5.74) is 10.1. The predicted octanol–water partition coefficient (Wildman–Crippen LogP) is 3.60. The van der Waals surface area contributed by atoms with Crippen LogP contribution in [-0.2, 0) is 0 Å². The first kappa shape index (κ1) is 11.0. The van der Waals surface area contributed by atoms with Crippen molar-refractivity contribution in [3.8, 4) is 11.1 Å². The molecule has 0 atom stereocenters. The molecule has 3 heteroatoms. The van der Waals surface area contributed by atoms with Crippen LogP contribution in [0.5, 0.6) is 0 Å². The van der Waals surface area contributed by atoms with Gasteiger partial charge in [0, 0.05) is 16.8 Å². The first-order chi connectivity index (χ1) is 7.58. The van der Waals surface area contributed by atoms with E-state index in [9.17, 15) is 0 Å². The fourth-order valence-electron chi connectivity index (χ4n) is 1.74. The average molecular weight is 233 g/mol. The third kappa shape index (κ3) is 2.02. The van der Waals surface area contributed by atoms with E-state index in [-0.39, 0.29) is 0 Å². The molecule has 82 valence electrons. The summed E-state index contributed by atoms with van der Waals surface area (Å²) in [4.78, 5) is 4.12. The minimum atomic E-state index is 0.543. The highest BCUT2D eigenvalue weighted by atomic mass is 35.5. The maximum Gasteiger partial charge on any atom is 0.123 e. The summed E-state index contributed by atoms with van der Waals surface area (Å²) >= 11 is 6.01. The molecular formula is C13H13ClN2. The van der Waals surface area contributed by atoms with Crippen molar-refractivity contribution in [1.82, 2.24) is 4.98 Å². The second-order valence-corrected chi connectivity index (χ2v) is 4.32. The number of pyridine rings is 1. The van der Waals surface area contributed by atoms with Crippen molar-refractivity contribution in [3.63, 3.8) is 0 Å². The summed E-state index contributed by atoms with van der Waals surface area (Å²) in [7, 11) is 0. The molecule has 0 aliphatic carbocycles. The van der Waals surface area contributed by atoms with Crippen molar-refractivity contribution in [2.24, 2.45) is 0 Å². The van der Waals surface area contributed by atoms with E-state index in [2.05, 4.69) is 11.9 Å². The number of halogens is 1. The Morgan fingerprint density at radius 2 is 1.81 bits per heavy atom. The van der Waals surface area contributed by atoms with Crippen LogP contribution in [0.15, 0.2) is 30.5 Å². The number of benzene rings is 1. The van der Waals surface area contributed by atoms with E-state index in [1.807, 2.05) is 31.2 Å². The van der Waals surface area contributed by atoms with Crippen LogP contribution in [0.2, 0.25) is 5.02 Å². The van der Waals surface area contributed by atoms with E-state index in [0.29, 0.717) is 5.82 Å². The SMILES string of the molecule is Cc1cc(N)ncc1-c1cc(Cl)ccc1C. The van der Waals surface area contributed by atoms with Gasteiger partial charge < -0.3 is 5.73 Å². The fraction of sp³-hybridized carbons (Fsp3) is 0.154. The molecule has 2 N–H and O–H groups in total. The first-order valence-corrected chi connectivity index (χ1v) is 5.44. The lowest BCUT2D eigenvalue weighted by Crippen LogP contribution is -1.94. The van der Waals surface area contributed by atoms with Crippen LogP contribution >= 0.6 is 11.6 Å². The Morgan fingerprint density at radius 1 is 1.06 bits per heavy atom. The zero-order valence-corrected chi connectivity index (χ0v) is 10.0. The Balaban J connectivity index is 2.62. The van der Waals surface area contributed by atoms with Gasteiger partial charge in [-0.15, -0.1) is 0 Å². The molecule has 1 heterocycles. The number of hydrogen-bond donors (Lipinski definition) is 1. The number of nitrogen functional groups attached to an aromatic ring is 1. The van der Waals surface area contributed by atoms with Crippen molar-refractivity contribution in [2.45, 2.75) is 13.8 Å². The number of nitrogens with zero attached hydrogens (tertiary/aromatic N) is 1. The molecule has 0 spiro atoms.